The molecular weight excluding hydrogens is 222 g/mol. The molecule has 0 unspecified atom stereocenters. The Labute approximate surface area is 112 Å². The summed E-state index contributed by atoms with van der Waals surface area (Å²) in [5.74, 6) is 5.22. The Morgan fingerprint density at radius 2 is 2.06 bits per heavy atom. The van der Waals surface area contributed by atoms with Gasteiger partial charge in [0.15, 0.2) is 5.96 Å². The van der Waals surface area contributed by atoms with Crippen LogP contribution in [0.5, 0.6) is 0 Å². The van der Waals surface area contributed by atoms with Crippen LogP contribution in [0.1, 0.15) is 39.5 Å². The first-order valence-corrected chi connectivity index (χ1v) is 7.10. The molecule has 0 aliphatic heterocycles. The first-order chi connectivity index (χ1) is 8.67. The molecule has 0 heterocycles. The molecule has 0 aromatic heterocycles. The lowest BCUT2D eigenvalue weighted by atomic mass is 9.83. The highest BCUT2D eigenvalue weighted by atomic mass is 15.3. The maximum Gasteiger partial charge on any atom is 0.194 e. The molecule has 1 aliphatic rings. The van der Waals surface area contributed by atoms with Crippen LogP contribution in [0.4, 0.5) is 0 Å². The molecule has 0 amide bonds. The Kier molecular flexibility index (Phi) is 6.64. The maximum absolute atomic E-state index is 5.27. The highest BCUT2D eigenvalue weighted by molar-refractivity contribution is 5.79. The third-order valence-corrected chi connectivity index (χ3v) is 3.68. The van der Waals surface area contributed by atoms with Crippen molar-refractivity contribution in [3.8, 4) is 12.3 Å². The van der Waals surface area contributed by atoms with Crippen LogP contribution >= 0.6 is 0 Å². The van der Waals surface area contributed by atoms with Crippen molar-refractivity contribution in [3.05, 3.63) is 0 Å². The first-order valence-electron chi connectivity index (χ1n) is 7.10. The van der Waals surface area contributed by atoms with Crippen LogP contribution < -0.4 is 5.32 Å². The van der Waals surface area contributed by atoms with Crippen molar-refractivity contribution >= 4 is 5.96 Å². The molecule has 18 heavy (non-hydrogen) atoms. The van der Waals surface area contributed by atoms with Gasteiger partial charge in [0.2, 0.25) is 0 Å². The van der Waals surface area contributed by atoms with E-state index < -0.39 is 0 Å². The number of terminal acetylenes is 1. The van der Waals surface area contributed by atoms with E-state index in [4.69, 9.17) is 6.42 Å². The molecular formula is C15H27N3. The quantitative estimate of drug-likeness (QED) is 0.470. The molecule has 3 heteroatoms. The fraction of sp³-hybridized carbons (Fsp3) is 0.800. The minimum atomic E-state index is 0.453. The molecule has 0 radical (unpaired) electrons. The van der Waals surface area contributed by atoms with Gasteiger partial charge in [-0.1, -0.05) is 25.7 Å². The summed E-state index contributed by atoms with van der Waals surface area (Å²) in [5, 5.41) is 3.30. The molecule has 0 bridgehead atoms. The SMILES string of the molecule is C#CCN=C(NCC)N(C)CC1CCC(C)CC1. The van der Waals surface area contributed by atoms with Crippen LogP contribution in [-0.2, 0) is 0 Å². The minimum Gasteiger partial charge on any atom is -0.356 e. The Morgan fingerprint density at radius 1 is 1.39 bits per heavy atom. The average molecular weight is 249 g/mol. The molecule has 1 N–H and O–H groups in total. The lowest BCUT2D eigenvalue weighted by molar-refractivity contribution is 0.250. The van der Waals surface area contributed by atoms with E-state index in [1.165, 1.54) is 25.7 Å². The highest BCUT2D eigenvalue weighted by Crippen LogP contribution is 2.28. The van der Waals surface area contributed by atoms with Crippen LogP contribution in [-0.4, -0.2) is 37.5 Å². The van der Waals surface area contributed by atoms with Crippen LogP contribution in [0.25, 0.3) is 0 Å². The summed E-state index contributed by atoms with van der Waals surface area (Å²) in [5.41, 5.74) is 0. The van der Waals surface area contributed by atoms with Crippen molar-refractivity contribution < 1.29 is 0 Å². The molecule has 1 saturated carbocycles. The summed E-state index contributed by atoms with van der Waals surface area (Å²) in [6.07, 6.45) is 10.7. The number of rotatable bonds is 4. The number of hydrogen-bond donors (Lipinski definition) is 1. The van der Waals surface area contributed by atoms with Crippen LogP contribution in [0, 0.1) is 24.2 Å². The second-order valence-electron chi connectivity index (χ2n) is 5.38. The number of guanidine groups is 1. The summed E-state index contributed by atoms with van der Waals surface area (Å²) in [6, 6.07) is 0. The standard InChI is InChI=1S/C15H27N3/c1-5-11-17-15(16-6-2)18(4)12-14-9-7-13(3)8-10-14/h1,13-14H,6-12H2,2-4H3,(H,16,17). The van der Waals surface area contributed by atoms with Crippen LogP contribution in [0.2, 0.25) is 0 Å². The van der Waals surface area contributed by atoms with Gasteiger partial charge in [-0.2, -0.15) is 0 Å². The molecule has 0 saturated heterocycles. The van der Waals surface area contributed by atoms with Crippen molar-refractivity contribution in [1.82, 2.24) is 10.2 Å². The third kappa shape index (κ3) is 5.00. The van der Waals surface area contributed by atoms with E-state index in [1.54, 1.807) is 0 Å². The monoisotopic (exact) mass is 249 g/mol. The summed E-state index contributed by atoms with van der Waals surface area (Å²) in [4.78, 5) is 6.63. The molecule has 0 atom stereocenters. The molecule has 1 fully saturated rings. The summed E-state index contributed by atoms with van der Waals surface area (Å²) < 4.78 is 0. The fourth-order valence-electron chi connectivity index (χ4n) is 2.58. The van der Waals surface area contributed by atoms with Crippen molar-refractivity contribution in [2.24, 2.45) is 16.8 Å². The van der Waals surface area contributed by atoms with Gasteiger partial charge in [-0.15, -0.1) is 6.42 Å². The van der Waals surface area contributed by atoms with Gasteiger partial charge >= 0.3 is 0 Å². The molecule has 0 aromatic rings. The molecule has 0 aromatic carbocycles. The predicted molar refractivity (Wildman–Crippen MR) is 78.6 cm³/mol. The Bertz CT molecular complexity index is 295. The van der Waals surface area contributed by atoms with Crippen molar-refractivity contribution in [2.45, 2.75) is 39.5 Å². The second kappa shape index (κ2) is 8.02. The highest BCUT2D eigenvalue weighted by Gasteiger charge is 2.20. The zero-order valence-corrected chi connectivity index (χ0v) is 12.1. The summed E-state index contributed by atoms with van der Waals surface area (Å²) in [6.45, 7) is 6.87. The Balaban J connectivity index is 2.45. The Morgan fingerprint density at radius 3 is 2.61 bits per heavy atom. The van der Waals surface area contributed by atoms with Crippen LogP contribution in [0.15, 0.2) is 4.99 Å². The predicted octanol–water partition coefficient (Wildman–Crippen LogP) is 2.34. The molecule has 102 valence electrons. The number of hydrogen-bond acceptors (Lipinski definition) is 1. The van der Waals surface area contributed by atoms with Gasteiger partial charge in [0.1, 0.15) is 6.54 Å². The summed E-state index contributed by atoms with van der Waals surface area (Å²) >= 11 is 0. The number of nitrogens with one attached hydrogen (secondary N) is 1. The van der Waals surface area contributed by atoms with Gasteiger partial charge in [-0.05, 0) is 31.6 Å². The topological polar surface area (TPSA) is 27.6 Å². The normalized spacial score (nSPS) is 24.4. The van der Waals surface area contributed by atoms with Gasteiger partial charge in [-0.25, -0.2) is 4.99 Å². The average Bonchev–Trinajstić information content (AvgIpc) is 2.37. The van der Waals surface area contributed by atoms with Crippen molar-refractivity contribution in [1.29, 1.82) is 0 Å². The van der Waals surface area contributed by atoms with Gasteiger partial charge < -0.3 is 10.2 Å². The second-order valence-corrected chi connectivity index (χ2v) is 5.38. The van der Waals surface area contributed by atoms with E-state index in [9.17, 15) is 0 Å². The lowest BCUT2D eigenvalue weighted by Gasteiger charge is -2.31. The zero-order chi connectivity index (χ0) is 13.4. The smallest absolute Gasteiger partial charge is 0.194 e. The first kappa shape index (κ1) is 14.9. The molecule has 1 rings (SSSR count). The van der Waals surface area contributed by atoms with E-state index >= 15 is 0 Å². The van der Waals surface area contributed by atoms with Gasteiger partial charge in [0.25, 0.3) is 0 Å². The van der Waals surface area contributed by atoms with E-state index in [1.807, 2.05) is 0 Å². The fourth-order valence-corrected chi connectivity index (χ4v) is 2.58. The third-order valence-electron chi connectivity index (χ3n) is 3.68. The van der Waals surface area contributed by atoms with Crippen LogP contribution in [0.3, 0.4) is 0 Å². The molecule has 0 spiro atoms. The lowest BCUT2D eigenvalue weighted by Crippen LogP contribution is -2.41. The Hall–Kier alpha value is -1.17. The molecule has 1 aliphatic carbocycles. The van der Waals surface area contributed by atoms with Gasteiger partial charge in [0, 0.05) is 20.1 Å². The van der Waals surface area contributed by atoms with E-state index in [0.717, 1.165) is 30.9 Å². The minimum absolute atomic E-state index is 0.453. The zero-order valence-electron chi connectivity index (χ0n) is 12.1. The largest absolute Gasteiger partial charge is 0.356 e. The number of nitrogens with zero attached hydrogens (tertiary/aromatic N) is 2. The van der Waals surface area contributed by atoms with E-state index in [-0.39, 0.29) is 0 Å². The van der Waals surface area contributed by atoms with Gasteiger partial charge in [0.05, 0.1) is 0 Å². The van der Waals surface area contributed by atoms with E-state index in [2.05, 4.69) is 42.0 Å². The maximum atomic E-state index is 5.27. The number of aliphatic imine (C=N–C) groups is 1. The van der Waals surface area contributed by atoms with Gasteiger partial charge in [-0.3, -0.25) is 0 Å². The molecule has 3 nitrogen and oxygen atoms in total. The van der Waals surface area contributed by atoms with Crippen molar-refractivity contribution in [2.75, 3.05) is 26.7 Å². The van der Waals surface area contributed by atoms with Crippen molar-refractivity contribution in [3.63, 3.8) is 0 Å². The van der Waals surface area contributed by atoms with E-state index in [0.29, 0.717) is 6.54 Å². The summed E-state index contributed by atoms with van der Waals surface area (Å²) in [7, 11) is 2.11.